The molecule has 4 nitrogen and oxygen atoms in total. The molecular formula is C31H31Cl2FN2O2. The van der Waals surface area contributed by atoms with Crippen LogP contribution in [0.3, 0.4) is 0 Å². The number of aromatic carboxylic acids is 1. The van der Waals surface area contributed by atoms with Gasteiger partial charge in [-0.1, -0.05) is 47.5 Å². The molecule has 3 aromatic rings. The van der Waals surface area contributed by atoms with Crippen molar-refractivity contribution in [1.82, 2.24) is 4.90 Å². The van der Waals surface area contributed by atoms with Gasteiger partial charge >= 0.3 is 5.97 Å². The molecule has 5 rings (SSSR count). The van der Waals surface area contributed by atoms with Gasteiger partial charge in [-0.3, -0.25) is 4.39 Å². The number of halogens is 3. The molecule has 0 aromatic heterocycles. The summed E-state index contributed by atoms with van der Waals surface area (Å²) in [5, 5.41) is 14.4. The number of nitrogens with one attached hydrogen (secondary N) is 1. The Morgan fingerprint density at radius 1 is 1.03 bits per heavy atom. The summed E-state index contributed by atoms with van der Waals surface area (Å²) in [5.74, 6) is -0.922. The van der Waals surface area contributed by atoms with E-state index in [9.17, 15) is 14.3 Å². The first-order valence-corrected chi connectivity index (χ1v) is 13.9. The van der Waals surface area contributed by atoms with Crippen LogP contribution in [-0.2, 0) is 6.42 Å². The van der Waals surface area contributed by atoms with E-state index in [0.29, 0.717) is 28.1 Å². The van der Waals surface area contributed by atoms with Gasteiger partial charge in [-0.05, 0) is 102 Å². The lowest BCUT2D eigenvalue weighted by Gasteiger charge is -2.19. The van der Waals surface area contributed by atoms with Gasteiger partial charge < -0.3 is 15.3 Å². The van der Waals surface area contributed by atoms with Gasteiger partial charge in [0.15, 0.2) is 0 Å². The second-order valence-electron chi connectivity index (χ2n) is 10.1. The predicted octanol–water partition coefficient (Wildman–Crippen LogP) is 7.83. The van der Waals surface area contributed by atoms with Crippen molar-refractivity contribution in [3.05, 3.63) is 98.5 Å². The second kappa shape index (κ2) is 11.9. The van der Waals surface area contributed by atoms with Crippen LogP contribution in [0, 0.1) is 0 Å². The zero-order valence-electron chi connectivity index (χ0n) is 21.2. The Labute approximate surface area is 233 Å². The highest BCUT2D eigenvalue weighted by Gasteiger charge is 2.24. The summed E-state index contributed by atoms with van der Waals surface area (Å²) in [6.07, 6.45) is 4.11. The van der Waals surface area contributed by atoms with Crippen LogP contribution in [0.1, 0.15) is 58.3 Å². The highest BCUT2D eigenvalue weighted by molar-refractivity contribution is 6.36. The van der Waals surface area contributed by atoms with Crippen LogP contribution in [0.25, 0.3) is 11.1 Å². The number of likely N-dealkylation sites (tertiary alicyclic amines) is 1. The fourth-order valence-electron chi connectivity index (χ4n) is 5.66. The van der Waals surface area contributed by atoms with Gasteiger partial charge in [-0.15, -0.1) is 0 Å². The number of carboxylic acids is 1. The number of carbonyl (C=O) groups is 1. The zero-order valence-corrected chi connectivity index (χ0v) is 22.7. The third-order valence-corrected chi connectivity index (χ3v) is 8.02. The molecule has 0 saturated carbocycles. The number of alkyl halides is 1. The molecule has 2 N–H and O–H groups in total. The second-order valence-corrected chi connectivity index (χ2v) is 10.9. The average Bonchev–Trinajstić information content (AvgIpc) is 3.26. The van der Waals surface area contributed by atoms with Gasteiger partial charge in [0.2, 0.25) is 0 Å². The van der Waals surface area contributed by atoms with Gasteiger partial charge in [0.05, 0.1) is 12.2 Å². The monoisotopic (exact) mass is 552 g/mol. The van der Waals surface area contributed by atoms with E-state index in [1.165, 1.54) is 0 Å². The lowest BCUT2D eigenvalue weighted by atomic mass is 9.87. The van der Waals surface area contributed by atoms with Crippen molar-refractivity contribution in [2.45, 2.75) is 38.1 Å². The number of aryl methyl sites for hydroxylation is 1. The van der Waals surface area contributed by atoms with Crippen LogP contribution in [-0.4, -0.2) is 48.3 Å². The Bertz CT molecular complexity index is 1360. The van der Waals surface area contributed by atoms with E-state index in [-0.39, 0.29) is 6.67 Å². The van der Waals surface area contributed by atoms with Crippen molar-refractivity contribution in [2.75, 3.05) is 31.6 Å². The molecule has 0 radical (unpaired) electrons. The fraction of sp³-hybridized carbons (Fsp3) is 0.323. The van der Waals surface area contributed by atoms with Gasteiger partial charge in [0, 0.05) is 41.4 Å². The van der Waals surface area contributed by atoms with Crippen molar-refractivity contribution < 1.29 is 14.3 Å². The third kappa shape index (κ3) is 5.90. The molecule has 1 saturated heterocycles. The largest absolute Gasteiger partial charge is 0.478 e. The number of carboxylic acid groups (broad SMARTS) is 1. The van der Waals surface area contributed by atoms with Crippen LogP contribution >= 0.6 is 23.2 Å². The van der Waals surface area contributed by atoms with Crippen LogP contribution in [0.5, 0.6) is 0 Å². The molecule has 1 heterocycles. The first-order valence-electron chi connectivity index (χ1n) is 13.1. The van der Waals surface area contributed by atoms with Gasteiger partial charge in [0.25, 0.3) is 0 Å². The first-order chi connectivity index (χ1) is 18.4. The summed E-state index contributed by atoms with van der Waals surface area (Å²) in [5.41, 5.74) is 7.62. The number of allylic oxidation sites excluding steroid dienone is 1. The van der Waals surface area contributed by atoms with E-state index in [2.05, 4.69) is 34.5 Å². The quantitative estimate of drug-likeness (QED) is 0.299. The maximum atomic E-state index is 12.5. The molecule has 38 heavy (non-hydrogen) atoms. The minimum absolute atomic E-state index is 0.268. The highest BCUT2D eigenvalue weighted by Crippen LogP contribution is 2.42. The Kier molecular flexibility index (Phi) is 8.37. The van der Waals surface area contributed by atoms with E-state index >= 15 is 0 Å². The van der Waals surface area contributed by atoms with Crippen molar-refractivity contribution in [3.8, 4) is 0 Å². The molecule has 1 aliphatic heterocycles. The molecule has 0 amide bonds. The maximum absolute atomic E-state index is 12.5. The number of nitrogens with zero attached hydrogens (tertiary/aromatic N) is 1. The molecule has 3 aromatic carbocycles. The number of hydrogen-bond donors (Lipinski definition) is 2. The van der Waals surface area contributed by atoms with E-state index in [4.69, 9.17) is 23.2 Å². The standard InChI is InChI=1S/C31H31Cl2FN2O2/c32-23-8-12-27(29(33)18-23)28-4-1-3-21-17-22(31(37)38)7-11-26(21)30(28)20-5-9-24(10-6-20)35-25-13-16-36(19-25)15-2-14-34/h5-12,17-18,25,35H,1-4,13-16,19H2,(H,37,38). The number of rotatable bonds is 8. The van der Waals surface area contributed by atoms with E-state index in [1.807, 2.05) is 18.2 Å². The summed E-state index contributed by atoms with van der Waals surface area (Å²) < 4.78 is 12.5. The topological polar surface area (TPSA) is 52.6 Å². The summed E-state index contributed by atoms with van der Waals surface area (Å²) >= 11 is 12.9. The van der Waals surface area contributed by atoms with Crippen molar-refractivity contribution in [2.24, 2.45) is 0 Å². The number of fused-ring (bicyclic) bond motifs is 1. The Hall–Kier alpha value is -2.86. The molecule has 0 bridgehead atoms. The maximum Gasteiger partial charge on any atom is 0.335 e. The Morgan fingerprint density at radius 3 is 2.55 bits per heavy atom. The smallest absolute Gasteiger partial charge is 0.335 e. The lowest BCUT2D eigenvalue weighted by molar-refractivity contribution is 0.0696. The van der Waals surface area contributed by atoms with Crippen LogP contribution in [0.2, 0.25) is 10.0 Å². The molecule has 1 atom stereocenters. The molecule has 1 aliphatic carbocycles. The fourth-order valence-corrected chi connectivity index (χ4v) is 6.18. The first kappa shape index (κ1) is 26.7. The van der Waals surface area contributed by atoms with Crippen molar-refractivity contribution >= 4 is 46.0 Å². The van der Waals surface area contributed by atoms with Gasteiger partial charge in [-0.25, -0.2) is 4.79 Å². The minimum atomic E-state index is -0.922. The molecule has 198 valence electrons. The lowest BCUT2D eigenvalue weighted by Crippen LogP contribution is -2.27. The van der Waals surface area contributed by atoms with Gasteiger partial charge in [-0.2, -0.15) is 0 Å². The van der Waals surface area contributed by atoms with E-state index in [1.54, 1.807) is 18.2 Å². The van der Waals surface area contributed by atoms with Crippen LogP contribution in [0.4, 0.5) is 10.1 Å². The summed E-state index contributed by atoms with van der Waals surface area (Å²) in [7, 11) is 0. The predicted molar refractivity (Wildman–Crippen MR) is 154 cm³/mol. The zero-order chi connectivity index (χ0) is 26.6. The Morgan fingerprint density at radius 2 is 1.82 bits per heavy atom. The summed E-state index contributed by atoms with van der Waals surface area (Å²) in [6.45, 7) is 2.45. The SMILES string of the molecule is O=C(O)c1ccc2c(c1)CCCC(c1ccc(Cl)cc1Cl)=C2c1ccc(NC2CCN(CCCF)C2)cc1. The van der Waals surface area contributed by atoms with Crippen LogP contribution < -0.4 is 5.32 Å². The normalized spacial score (nSPS) is 17.8. The summed E-state index contributed by atoms with van der Waals surface area (Å²) in [4.78, 5) is 14.0. The minimum Gasteiger partial charge on any atom is -0.478 e. The Balaban J connectivity index is 1.51. The van der Waals surface area contributed by atoms with E-state index in [0.717, 1.165) is 84.4 Å². The van der Waals surface area contributed by atoms with Crippen molar-refractivity contribution in [1.29, 1.82) is 0 Å². The molecule has 7 heteroatoms. The van der Waals surface area contributed by atoms with E-state index < -0.39 is 5.97 Å². The average molecular weight is 554 g/mol. The van der Waals surface area contributed by atoms with Crippen LogP contribution in [0.15, 0.2) is 60.7 Å². The van der Waals surface area contributed by atoms with Crippen molar-refractivity contribution in [3.63, 3.8) is 0 Å². The number of hydrogen-bond acceptors (Lipinski definition) is 3. The molecule has 0 spiro atoms. The molecule has 2 aliphatic rings. The molecular weight excluding hydrogens is 522 g/mol. The molecule has 1 unspecified atom stereocenters. The number of benzene rings is 3. The number of anilines is 1. The summed E-state index contributed by atoms with van der Waals surface area (Å²) in [6, 6.07) is 19.8. The van der Waals surface area contributed by atoms with Gasteiger partial charge in [0.1, 0.15) is 0 Å². The highest BCUT2D eigenvalue weighted by atomic mass is 35.5. The third-order valence-electron chi connectivity index (χ3n) is 7.48. The molecule has 1 fully saturated rings.